The Labute approximate surface area is 70.6 Å². The van der Waals surface area contributed by atoms with E-state index in [9.17, 15) is 10.2 Å². The quantitative estimate of drug-likeness (QED) is 0.549. The molecule has 4 heteroatoms. The van der Waals surface area contributed by atoms with E-state index in [4.69, 9.17) is 5.26 Å². The molecule has 1 aliphatic heterocycles. The molecule has 12 heavy (non-hydrogen) atoms. The van der Waals surface area contributed by atoms with Crippen LogP contribution >= 0.6 is 0 Å². The highest BCUT2D eigenvalue weighted by molar-refractivity contribution is 5.39. The van der Waals surface area contributed by atoms with Crippen LogP contribution in [0.15, 0.2) is 23.1 Å². The number of allylic oxidation sites excluding steroid dienone is 2. The molecule has 0 aromatic heterocycles. The second-order valence-electron chi connectivity index (χ2n) is 2.70. The lowest BCUT2D eigenvalue weighted by Crippen LogP contribution is -2.35. The second kappa shape index (κ2) is 2.88. The van der Waals surface area contributed by atoms with Crippen molar-refractivity contribution in [1.82, 2.24) is 4.90 Å². The Balaban J connectivity index is 3.13. The van der Waals surface area contributed by atoms with Gasteiger partial charge in [0.05, 0.1) is 11.6 Å². The van der Waals surface area contributed by atoms with Gasteiger partial charge in [0.25, 0.3) is 0 Å². The van der Waals surface area contributed by atoms with Crippen LogP contribution in [-0.2, 0) is 0 Å². The normalized spacial score (nSPS) is 23.7. The van der Waals surface area contributed by atoms with Gasteiger partial charge >= 0.3 is 0 Å². The lowest BCUT2D eigenvalue weighted by molar-refractivity contribution is 0.0415. The Hall–Kier alpha value is -1.47. The summed E-state index contributed by atoms with van der Waals surface area (Å²) in [7, 11) is 1.51. The summed E-state index contributed by atoms with van der Waals surface area (Å²) >= 11 is 0. The van der Waals surface area contributed by atoms with Crippen molar-refractivity contribution in [2.45, 2.75) is 13.2 Å². The molecule has 0 aromatic rings. The molecule has 0 amide bonds. The fourth-order valence-electron chi connectivity index (χ4n) is 1.04. The molecule has 2 N–H and O–H groups in total. The maximum absolute atomic E-state index is 9.42. The number of aliphatic hydroxyl groups excluding tert-OH is 2. The summed E-state index contributed by atoms with van der Waals surface area (Å²) in [5.41, 5.74) is 0.871. The Bertz CT molecular complexity index is 299. The van der Waals surface area contributed by atoms with Crippen LogP contribution in [0.5, 0.6) is 0 Å². The van der Waals surface area contributed by atoms with E-state index in [0.29, 0.717) is 5.57 Å². The van der Waals surface area contributed by atoms with E-state index in [-0.39, 0.29) is 11.5 Å². The van der Waals surface area contributed by atoms with Gasteiger partial charge in [-0.15, -0.1) is 0 Å². The predicted octanol–water partition coefficient (Wildman–Crippen LogP) is 0.490. The maximum Gasteiger partial charge on any atom is 0.189 e. The van der Waals surface area contributed by atoms with Crippen LogP contribution < -0.4 is 0 Å². The van der Waals surface area contributed by atoms with E-state index < -0.39 is 6.23 Å². The number of rotatable bonds is 0. The zero-order valence-electron chi connectivity index (χ0n) is 6.94. The number of nitrogens with zero attached hydrogens (tertiary/aromatic N) is 2. The van der Waals surface area contributed by atoms with Crippen LogP contribution in [0.25, 0.3) is 0 Å². The van der Waals surface area contributed by atoms with Gasteiger partial charge in [0.1, 0.15) is 0 Å². The smallest absolute Gasteiger partial charge is 0.189 e. The first-order valence-electron chi connectivity index (χ1n) is 3.50. The summed E-state index contributed by atoms with van der Waals surface area (Å²) in [5.74, 6) is -0.0287. The summed E-state index contributed by atoms with van der Waals surface area (Å²) in [4.78, 5) is 1.23. The van der Waals surface area contributed by atoms with E-state index in [1.807, 2.05) is 6.07 Å². The van der Waals surface area contributed by atoms with Crippen molar-refractivity contribution in [3.8, 4) is 6.07 Å². The van der Waals surface area contributed by atoms with Crippen molar-refractivity contribution < 1.29 is 10.2 Å². The van der Waals surface area contributed by atoms with Crippen molar-refractivity contribution in [3.05, 3.63) is 23.1 Å². The van der Waals surface area contributed by atoms with Crippen LogP contribution in [0.2, 0.25) is 0 Å². The topological polar surface area (TPSA) is 67.5 Å². The highest BCUT2D eigenvalue weighted by atomic mass is 16.3. The summed E-state index contributed by atoms with van der Waals surface area (Å²) in [6.45, 7) is 1.67. The third-order valence-corrected chi connectivity index (χ3v) is 1.88. The number of likely N-dealkylation sites (N-methyl/N-ethyl adjacent to an activating group) is 1. The molecule has 0 fully saturated rings. The SMILES string of the molecule is CC1=C(C#N)C(O)N(C)C(O)=C1. The molecule has 1 atom stereocenters. The molecular weight excluding hydrogens is 156 g/mol. The number of hydrogen-bond acceptors (Lipinski definition) is 4. The molecule has 4 nitrogen and oxygen atoms in total. The summed E-state index contributed by atoms with van der Waals surface area (Å²) < 4.78 is 0. The molecule has 0 saturated carbocycles. The highest BCUT2D eigenvalue weighted by Gasteiger charge is 2.24. The second-order valence-corrected chi connectivity index (χ2v) is 2.70. The highest BCUT2D eigenvalue weighted by Crippen LogP contribution is 2.21. The molecule has 0 saturated heterocycles. The van der Waals surface area contributed by atoms with E-state index in [1.54, 1.807) is 6.92 Å². The minimum atomic E-state index is -1.03. The Kier molecular flexibility index (Phi) is 2.07. The van der Waals surface area contributed by atoms with Crippen molar-refractivity contribution in [2.75, 3.05) is 7.05 Å². The molecule has 1 unspecified atom stereocenters. The van der Waals surface area contributed by atoms with Gasteiger partial charge in [0.2, 0.25) is 0 Å². The van der Waals surface area contributed by atoms with Gasteiger partial charge in [-0.25, -0.2) is 0 Å². The lowest BCUT2D eigenvalue weighted by Gasteiger charge is -2.28. The van der Waals surface area contributed by atoms with Gasteiger partial charge in [-0.05, 0) is 12.5 Å². The lowest BCUT2D eigenvalue weighted by atomic mass is 10.1. The molecule has 0 spiro atoms. The van der Waals surface area contributed by atoms with Crippen LogP contribution in [0.4, 0.5) is 0 Å². The molecule has 0 radical (unpaired) electrons. The van der Waals surface area contributed by atoms with Crippen molar-refractivity contribution in [1.29, 1.82) is 5.26 Å². The zero-order valence-corrected chi connectivity index (χ0v) is 6.94. The van der Waals surface area contributed by atoms with Gasteiger partial charge < -0.3 is 15.1 Å². The summed E-state index contributed by atoms with van der Waals surface area (Å²) in [6, 6.07) is 1.89. The van der Waals surface area contributed by atoms with E-state index in [2.05, 4.69) is 0 Å². The number of hydrogen-bond donors (Lipinski definition) is 2. The zero-order chi connectivity index (χ0) is 9.30. The first kappa shape index (κ1) is 8.62. The van der Waals surface area contributed by atoms with Crippen LogP contribution in [0.1, 0.15) is 6.92 Å². The molecule has 1 heterocycles. The summed E-state index contributed by atoms with van der Waals surface area (Å²) in [6.07, 6.45) is 0.422. The first-order valence-corrected chi connectivity index (χ1v) is 3.50. The first-order chi connectivity index (χ1) is 5.57. The van der Waals surface area contributed by atoms with Gasteiger partial charge in [-0.3, -0.25) is 0 Å². The van der Waals surface area contributed by atoms with E-state index >= 15 is 0 Å². The third-order valence-electron chi connectivity index (χ3n) is 1.88. The Morgan fingerprint density at radius 2 is 2.25 bits per heavy atom. The number of aliphatic hydroxyl groups is 2. The molecule has 0 bridgehead atoms. The average Bonchev–Trinajstić information content (AvgIpc) is 2.01. The molecule has 64 valence electrons. The van der Waals surface area contributed by atoms with Gasteiger partial charge in [-0.2, -0.15) is 5.26 Å². The standard InChI is InChI=1S/C8H10N2O2/c1-5-3-7(11)10(2)8(12)6(5)4-9/h3,8,11-12H,1-2H3. The van der Waals surface area contributed by atoms with Crippen molar-refractivity contribution >= 4 is 0 Å². The fraction of sp³-hybridized carbons (Fsp3) is 0.375. The van der Waals surface area contributed by atoms with E-state index in [1.165, 1.54) is 18.0 Å². The average molecular weight is 166 g/mol. The number of nitriles is 1. The van der Waals surface area contributed by atoms with E-state index in [0.717, 1.165) is 0 Å². The van der Waals surface area contributed by atoms with Crippen LogP contribution in [0.3, 0.4) is 0 Å². The Morgan fingerprint density at radius 3 is 2.75 bits per heavy atom. The molecular formula is C8H10N2O2. The van der Waals surface area contributed by atoms with Gasteiger partial charge in [0.15, 0.2) is 12.1 Å². The van der Waals surface area contributed by atoms with Crippen LogP contribution in [0, 0.1) is 11.3 Å². The molecule has 0 aliphatic carbocycles. The van der Waals surface area contributed by atoms with Gasteiger partial charge in [0, 0.05) is 13.1 Å². The van der Waals surface area contributed by atoms with Crippen LogP contribution in [-0.4, -0.2) is 28.4 Å². The largest absolute Gasteiger partial charge is 0.495 e. The predicted molar refractivity (Wildman–Crippen MR) is 42.8 cm³/mol. The minimum Gasteiger partial charge on any atom is -0.495 e. The fourth-order valence-corrected chi connectivity index (χ4v) is 1.04. The van der Waals surface area contributed by atoms with Crippen molar-refractivity contribution in [2.24, 2.45) is 0 Å². The molecule has 1 rings (SSSR count). The molecule has 0 aromatic carbocycles. The Morgan fingerprint density at radius 1 is 1.67 bits per heavy atom. The molecule has 1 aliphatic rings. The van der Waals surface area contributed by atoms with Crippen molar-refractivity contribution in [3.63, 3.8) is 0 Å². The van der Waals surface area contributed by atoms with Gasteiger partial charge in [-0.1, -0.05) is 0 Å². The maximum atomic E-state index is 9.42. The third kappa shape index (κ3) is 1.15. The monoisotopic (exact) mass is 166 g/mol. The summed E-state index contributed by atoms with van der Waals surface area (Å²) in [5, 5.41) is 27.3. The minimum absolute atomic E-state index is 0.0287.